The summed E-state index contributed by atoms with van der Waals surface area (Å²) in [6, 6.07) is 0.139. The molecule has 1 fully saturated rings. The molecule has 0 radical (unpaired) electrons. The maximum Gasteiger partial charge on any atom is 0.307 e. The van der Waals surface area contributed by atoms with Gasteiger partial charge in [-0.05, 0) is 32.6 Å². The highest BCUT2D eigenvalue weighted by Gasteiger charge is 2.43. The van der Waals surface area contributed by atoms with Gasteiger partial charge in [-0.25, -0.2) is 0 Å². The fourth-order valence-corrected chi connectivity index (χ4v) is 2.25. The van der Waals surface area contributed by atoms with Crippen LogP contribution in [-0.2, 0) is 9.59 Å². The Balaban J connectivity index is 2.68. The minimum Gasteiger partial charge on any atom is -0.481 e. The molecule has 0 aromatic rings. The highest BCUT2D eigenvalue weighted by molar-refractivity contribution is 5.86. The van der Waals surface area contributed by atoms with Crippen LogP contribution in [0.1, 0.15) is 40.5 Å². The third kappa shape index (κ3) is 3.20. The van der Waals surface area contributed by atoms with E-state index in [1.54, 1.807) is 0 Å². The Hall–Kier alpha value is -1.06. The van der Waals surface area contributed by atoms with Gasteiger partial charge in [-0.1, -0.05) is 13.8 Å². The molecule has 0 saturated heterocycles. The first kappa shape index (κ1) is 14.0. The van der Waals surface area contributed by atoms with E-state index in [0.717, 1.165) is 6.42 Å². The lowest BCUT2D eigenvalue weighted by Gasteiger charge is -2.38. The van der Waals surface area contributed by atoms with Crippen molar-refractivity contribution >= 4 is 11.9 Å². The van der Waals surface area contributed by atoms with E-state index in [9.17, 15) is 9.59 Å². The monoisotopic (exact) mass is 241 g/mol. The molecule has 0 aromatic heterocycles. The van der Waals surface area contributed by atoms with Gasteiger partial charge in [0, 0.05) is 12.6 Å². The average Bonchev–Trinajstić information content (AvgIpc) is 2.10. The van der Waals surface area contributed by atoms with E-state index in [0.29, 0.717) is 18.9 Å². The molecular weight excluding hydrogens is 218 g/mol. The van der Waals surface area contributed by atoms with Crippen LogP contribution in [0, 0.1) is 17.8 Å². The molecule has 4 heteroatoms. The van der Waals surface area contributed by atoms with Crippen molar-refractivity contribution in [2.75, 3.05) is 6.54 Å². The van der Waals surface area contributed by atoms with Crippen LogP contribution in [0.3, 0.4) is 0 Å². The fourth-order valence-electron chi connectivity index (χ4n) is 2.25. The Morgan fingerprint density at radius 3 is 2.00 bits per heavy atom. The second kappa shape index (κ2) is 5.52. The number of carboxylic acids is 1. The first-order valence-electron chi connectivity index (χ1n) is 6.37. The normalized spacial score (nSPS) is 23.6. The molecule has 1 rings (SSSR count). The Morgan fingerprint density at radius 1 is 1.18 bits per heavy atom. The van der Waals surface area contributed by atoms with Gasteiger partial charge in [-0.15, -0.1) is 0 Å². The highest BCUT2D eigenvalue weighted by Crippen LogP contribution is 2.36. The van der Waals surface area contributed by atoms with Gasteiger partial charge >= 0.3 is 5.97 Å². The van der Waals surface area contributed by atoms with Gasteiger partial charge in [0.15, 0.2) is 0 Å². The van der Waals surface area contributed by atoms with E-state index in [4.69, 9.17) is 5.11 Å². The van der Waals surface area contributed by atoms with Crippen LogP contribution in [-0.4, -0.2) is 34.5 Å². The molecule has 2 unspecified atom stereocenters. The number of carboxylic acid groups (broad SMARTS) is 1. The SMILES string of the molecule is CC(C)CN(C(=O)C1CCC1C(=O)O)C(C)C. The third-order valence-electron chi connectivity index (χ3n) is 3.38. The lowest BCUT2D eigenvalue weighted by Crippen LogP contribution is -2.49. The molecule has 0 bridgehead atoms. The van der Waals surface area contributed by atoms with Crippen LogP contribution in [0.15, 0.2) is 0 Å². The third-order valence-corrected chi connectivity index (χ3v) is 3.38. The lowest BCUT2D eigenvalue weighted by atomic mass is 9.72. The van der Waals surface area contributed by atoms with Gasteiger partial charge < -0.3 is 10.0 Å². The second-order valence-corrected chi connectivity index (χ2v) is 5.61. The smallest absolute Gasteiger partial charge is 0.307 e. The van der Waals surface area contributed by atoms with Crippen LogP contribution in [0.2, 0.25) is 0 Å². The van der Waals surface area contributed by atoms with E-state index >= 15 is 0 Å². The number of carbonyl (C=O) groups is 2. The summed E-state index contributed by atoms with van der Waals surface area (Å²) in [4.78, 5) is 25.0. The zero-order valence-corrected chi connectivity index (χ0v) is 11.1. The van der Waals surface area contributed by atoms with Crippen molar-refractivity contribution in [1.82, 2.24) is 4.90 Å². The van der Waals surface area contributed by atoms with Gasteiger partial charge in [0.05, 0.1) is 11.8 Å². The molecular formula is C13H23NO3. The summed E-state index contributed by atoms with van der Waals surface area (Å²) >= 11 is 0. The van der Waals surface area contributed by atoms with E-state index in [1.807, 2.05) is 18.7 Å². The molecule has 4 nitrogen and oxygen atoms in total. The zero-order chi connectivity index (χ0) is 13.2. The molecule has 2 atom stereocenters. The number of nitrogens with zero attached hydrogens (tertiary/aromatic N) is 1. The summed E-state index contributed by atoms with van der Waals surface area (Å²) < 4.78 is 0. The van der Waals surface area contributed by atoms with Crippen molar-refractivity contribution in [3.8, 4) is 0 Å². The van der Waals surface area contributed by atoms with Crippen LogP contribution in [0.5, 0.6) is 0 Å². The Kier molecular flexibility index (Phi) is 4.54. The highest BCUT2D eigenvalue weighted by atomic mass is 16.4. The number of carbonyl (C=O) groups excluding carboxylic acids is 1. The molecule has 0 aliphatic heterocycles. The van der Waals surface area contributed by atoms with Crippen molar-refractivity contribution in [2.45, 2.75) is 46.6 Å². The Labute approximate surface area is 103 Å². The molecule has 1 saturated carbocycles. The average molecular weight is 241 g/mol. The van der Waals surface area contributed by atoms with E-state index in [1.165, 1.54) is 0 Å². The summed E-state index contributed by atoms with van der Waals surface area (Å²) in [6.07, 6.45) is 1.36. The number of hydrogen-bond donors (Lipinski definition) is 1. The van der Waals surface area contributed by atoms with Crippen molar-refractivity contribution in [3.05, 3.63) is 0 Å². The maximum atomic E-state index is 12.3. The number of rotatable bonds is 5. The molecule has 0 heterocycles. The minimum atomic E-state index is -0.831. The van der Waals surface area contributed by atoms with E-state index in [-0.39, 0.29) is 17.9 Å². The number of hydrogen-bond acceptors (Lipinski definition) is 2. The standard InChI is InChI=1S/C13H23NO3/c1-8(2)7-14(9(3)4)12(15)10-5-6-11(10)13(16)17/h8-11H,5-7H2,1-4H3,(H,16,17). The predicted molar refractivity (Wildman–Crippen MR) is 65.5 cm³/mol. The second-order valence-electron chi connectivity index (χ2n) is 5.61. The van der Waals surface area contributed by atoms with Crippen LogP contribution in [0.25, 0.3) is 0 Å². The summed E-state index contributed by atoms with van der Waals surface area (Å²) in [5, 5.41) is 8.98. The number of aliphatic carboxylic acids is 1. The first-order valence-corrected chi connectivity index (χ1v) is 6.37. The van der Waals surface area contributed by atoms with E-state index < -0.39 is 11.9 Å². The molecule has 1 N–H and O–H groups in total. The van der Waals surface area contributed by atoms with Gasteiger partial charge in [-0.3, -0.25) is 9.59 Å². The number of amides is 1. The minimum absolute atomic E-state index is 0.0207. The van der Waals surface area contributed by atoms with Gasteiger partial charge in [0.2, 0.25) is 5.91 Å². The molecule has 98 valence electrons. The summed E-state index contributed by atoms with van der Waals surface area (Å²) in [7, 11) is 0. The van der Waals surface area contributed by atoms with Gasteiger partial charge in [0.25, 0.3) is 0 Å². The summed E-state index contributed by atoms with van der Waals surface area (Å²) in [6.45, 7) is 8.80. The summed E-state index contributed by atoms with van der Waals surface area (Å²) in [5.74, 6) is -1.16. The molecule has 0 aromatic carbocycles. The predicted octanol–water partition coefficient (Wildman–Crippen LogP) is 1.99. The van der Waals surface area contributed by atoms with Gasteiger partial charge in [0.1, 0.15) is 0 Å². The molecule has 1 aliphatic rings. The van der Waals surface area contributed by atoms with Crippen molar-refractivity contribution in [1.29, 1.82) is 0 Å². The van der Waals surface area contributed by atoms with E-state index in [2.05, 4.69) is 13.8 Å². The Bertz CT molecular complexity index is 299. The fraction of sp³-hybridized carbons (Fsp3) is 0.846. The quantitative estimate of drug-likeness (QED) is 0.800. The van der Waals surface area contributed by atoms with Crippen LogP contribution < -0.4 is 0 Å². The topological polar surface area (TPSA) is 57.6 Å². The molecule has 1 aliphatic carbocycles. The van der Waals surface area contributed by atoms with Gasteiger partial charge in [-0.2, -0.15) is 0 Å². The lowest BCUT2D eigenvalue weighted by molar-refractivity contribution is -0.157. The van der Waals surface area contributed by atoms with Crippen LogP contribution in [0.4, 0.5) is 0 Å². The van der Waals surface area contributed by atoms with Crippen molar-refractivity contribution in [2.24, 2.45) is 17.8 Å². The molecule has 17 heavy (non-hydrogen) atoms. The first-order chi connectivity index (χ1) is 7.84. The molecule has 0 spiro atoms. The van der Waals surface area contributed by atoms with Crippen molar-refractivity contribution < 1.29 is 14.7 Å². The van der Waals surface area contributed by atoms with Crippen LogP contribution >= 0.6 is 0 Å². The largest absolute Gasteiger partial charge is 0.481 e. The zero-order valence-electron chi connectivity index (χ0n) is 11.1. The van der Waals surface area contributed by atoms with Crippen molar-refractivity contribution in [3.63, 3.8) is 0 Å². The maximum absolute atomic E-state index is 12.3. The molecule has 1 amide bonds. The summed E-state index contributed by atoms with van der Waals surface area (Å²) in [5.41, 5.74) is 0. The Morgan fingerprint density at radius 2 is 1.71 bits per heavy atom.